The molecule has 26 heavy (non-hydrogen) atoms. The quantitative estimate of drug-likeness (QED) is 0.582. The summed E-state index contributed by atoms with van der Waals surface area (Å²) < 4.78 is 1.57. The first-order valence-corrected chi connectivity index (χ1v) is 8.93. The topological polar surface area (TPSA) is 62.0 Å². The van der Waals surface area contributed by atoms with E-state index in [9.17, 15) is 4.79 Å². The minimum atomic E-state index is -0.102. The molecule has 3 heterocycles. The molecule has 1 aliphatic heterocycles. The fraction of sp³-hybridized carbons (Fsp3) is 0.250. The van der Waals surface area contributed by atoms with Crippen molar-refractivity contribution in [3.8, 4) is 0 Å². The van der Waals surface area contributed by atoms with Crippen LogP contribution in [0.3, 0.4) is 0 Å². The van der Waals surface area contributed by atoms with Gasteiger partial charge in [0, 0.05) is 19.3 Å². The van der Waals surface area contributed by atoms with Crippen LogP contribution < -0.4 is 15.9 Å². The van der Waals surface area contributed by atoms with E-state index in [-0.39, 0.29) is 5.56 Å². The van der Waals surface area contributed by atoms with Gasteiger partial charge in [0.25, 0.3) is 5.56 Å². The van der Waals surface area contributed by atoms with Crippen molar-refractivity contribution in [1.82, 2.24) is 9.38 Å². The average Bonchev–Trinajstić information content (AvgIpc) is 2.71. The minimum Gasteiger partial charge on any atom is -0.356 e. The van der Waals surface area contributed by atoms with Gasteiger partial charge in [-0.3, -0.25) is 14.6 Å². The molecule has 2 aromatic heterocycles. The van der Waals surface area contributed by atoms with E-state index in [1.165, 1.54) is 6.42 Å². The van der Waals surface area contributed by atoms with Crippen LogP contribution in [0.25, 0.3) is 5.65 Å². The first-order chi connectivity index (χ1) is 12.8. The van der Waals surface area contributed by atoms with E-state index in [4.69, 9.17) is 4.98 Å². The Hall–Kier alpha value is -3.15. The van der Waals surface area contributed by atoms with Gasteiger partial charge in [0.2, 0.25) is 0 Å². The minimum absolute atomic E-state index is 0.102. The molecule has 3 aromatic rings. The molecule has 0 saturated carbocycles. The summed E-state index contributed by atoms with van der Waals surface area (Å²) in [5, 5.41) is 4.28. The maximum absolute atomic E-state index is 13.0. The van der Waals surface area contributed by atoms with E-state index in [2.05, 4.69) is 15.4 Å². The molecule has 0 unspecified atom stereocenters. The molecule has 1 aromatic carbocycles. The molecule has 1 N–H and O–H groups in total. The highest BCUT2D eigenvalue weighted by molar-refractivity contribution is 5.87. The number of anilines is 2. The van der Waals surface area contributed by atoms with Crippen molar-refractivity contribution in [2.24, 2.45) is 5.10 Å². The molecule has 4 rings (SSSR count). The zero-order valence-corrected chi connectivity index (χ0v) is 14.5. The number of hydrogen-bond acceptors (Lipinski definition) is 5. The lowest BCUT2D eigenvalue weighted by Crippen LogP contribution is -2.34. The first-order valence-electron chi connectivity index (χ1n) is 8.93. The Morgan fingerprint density at radius 3 is 2.58 bits per heavy atom. The molecular weight excluding hydrogens is 326 g/mol. The summed E-state index contributed by atoms with van der Waals surface area (Å²) in [6.45, 7) is 1.84. The number of nitrogens with one attached hydrogen (secondary N) is 1. The second-order valence-corrected chi connectivity index (χ2v) is 6.37. The molecule has 0 amide bonds. The molecule has 6 heteroatoms. The maximum Gasteiger partial charge on any atom is 0.268 e. The lowest BCUT2D eigenvalue weighted by atomic mass is 10.1. The molecule has 0 atom stereocenters. The zero-order valence-electron chi connectivity index (χ0n) is 14.5. The number of aromatic nitrogens is 2. The van der Waals surface area contributed by atoms with Crippen molar-refractivity contribution in [3.63, 3.8) is 0 Å². The third kappa shape index (κ3) is 3.31. The number of pyridine rings is 1. The number of piperidine rings is 1. The standard InChI is InChI=1S/C20H21N5O/c26-20-17(15-21-23-16-9-3-1-4-10-16)19(24-12-6-2-7-13-24)22-18-11-5-8-14-25(18)20/h1,3-5,8-11,14-15,23H,2,6-7,12-13H2/b21-15-. The van der Waals surface area contributed by atoms with Crippen molar-refractivity contribution in [2.45, 2.75) is 19.3 Å². The summed E-state index contributed by atoms with van der Waals surface area (Å²) >= 11 is 0. The zero-order chi connectivity index (χ0) is 17.8. The Morgan fingerprint density at radius 1 is 1.00 bits per heavy atom. The van der Waals surface area contributed by atoms with Crippen LogP contribution in [0.5, 0.6) is 0 Å². The Balaban J connectivity index is 1.75. The molecule has 1 fully saturated rings. The van der Waals surface area contributed by atoms with E-state index >= 15 is 0 Å². The van der Waals surface area contributed by atoms with Crippen molar-refractivity contribution in [3.05, 3.63) is 70.6 Å². The summed E-state index contributed by atoms with van der Waals surface area (Å²) in [5.74, 6) is 0.722. The highest BCUT2D eigenvalue weighted by atomic mass is 16.1. The number of para-hydroxylation sites is 1. The van der Waals surface area contributed by atoms with Crippen LogP contribution >= 0.6 is 0 Å². The molecular formula is C20H21N5O. The summed E-state index contributed by atoms with van der Waals surface area (Å²) in [7, 11) is 0. The Bertz CT molecular complexity index is 974. The highest BCUT2D eigenvalue weighted by Gasteiger charge is 2.19. The summed E-state index contributed by atoms with van der Waals surface area (Å²) in [4.78, 5) is 20.0. The highest BCUT2D eigenvalue weighted by Crippen LogP contribution is 2.20. The predicted octanol–water partition coefficient (Wildman–Crippen LogP) is 3.13. The van der Waals surface area contributed by atoms with Gasteiger partial charge in [-0.25, -0.2) is 4.98 Å². The van der Waals surface area contributed by atoms with Gasteiger partial charge in [0.1, 0.15) is 17.0 Å². The molecule has 0 radical (unpaired) electrons. The summed E-state index contributed by atoms with van der Waals surface area (Å²) in [6.07, 6.45) is 6.80. The van der Waals surface area contributed by atoms with E-state index in [1.54, 1.807) is 16.8 Å². The first kappa shape index (κ1) is 16.3. The lowest BCUT2D eigenvalue weighted by Gasteiger charge is -2.28. The van der Waals surface area contributed by atoms with Gasteiger partial charge in [0.05, 0.1) is 11.9 Å². The number of rotatable bonds is 4. The summed E-state index contributed by atoms with van der Waals surface area (Å²) in [6, 6.07) is 15.3. The number of hydrogen-bond donors (Lipinski definition) is 1. The van der Waals surface area contributed by atoms with Crippen LogP contribution in [0.15, 0.2) is 64.6 Å². The average molecular weight is 347 g/mol. The van der Waals surface area contributed by atoms with Crippen LogP contribution in [-0.2, 0) is 0 Å². The summed E-state index contributed by atoms with van der Waals surface area (Å²) in [5.41, 5.74) is 4.92. The Morgan fingerprint density at radius 2 is 1.77 bits per heavy atom. The second kappa shape index (κ2) is 7.39. The molecule has 6 nitrogen and oxygen atoms in total. The van der Waals surface area contributed by atoms with Gasteiger partial charge < -0.3 is 4.90 Å². The van der Waals surface area contributed by atoms with Gasteiger partial charge in [-0.15, -0.1) is 0 Å². The van der Waals surface area contributed by atoms with Crippen LogP contribution in [0.2, 0.25) is 0 Å². The molecule has 0 spiro atoms. The van der Waals surface area contributed by atoms with Crippen molar-refractivity contribution in [2.75, 3.05) is 23.4 Å². The van der Waals surface area contributed by atoms with Gasteiger partial charge in [-0.1, -0.05) is 24.3 Å². The number of benzene rings is 1. The smallest absolute Gasteiger partial charge is 0.268 e. The van der Waals surface area contributed by atoms with Crippen LogP contribution in [0, 0.1) is 0 Å². The monoisotopic (exact) mass is 347 g/mol. The molecule has 1 aliphatic rings. The maximum atomic E-state index is 13.0. The number of fused-ring (bicyclic) bond motifs is 1. The van der Waals surface area contributed by atoms with E-state index in [0.717, 1.165) is 37.4 Å². The van der Waals surface area contributed by atoms with Crippen LogP contribution in [-0.4, -0.2) is 28.7 Å². The molecule has 132 valence electrons. The van der Waals surface area contributed by atoms with Gasteiger partial charge in [0.15, 0.2) is 0 Å². The van der Waals surface area contributed by atoms with E-state index in [0.29, 0.717) is 11.2 Å². The van der Waals surface area contributed by atoms with Gasteiger partial charge in [-0.2, -0.15) is 5.10 Å². The SMILES string of the molecule is O=c1c(/C=N\Nc2ccccc2)c(N2CCCCC2)nc2ccccn12. The Labute approximate surface area is 151 Å². The van der Waals surface area contributed by atoms with Gasteiger partial charge >= 0.3 is 0 Å². The predicted molar refractivity (Wildman–Crippen MR) is 105 cm³/mol. The van der Waals surface area contributed by atoms with E-state index in [1.807, 2.05) is 48.5 Å². The molecule has 1 saturated heterocycles. The normalized spacial score (nSPS) is 14.8. The van der Waals surface area contributed by atoms with Crippen LogP contribution in [0.4, 0.5) is 11.5 Å². The fourth-order valence-electron chi connectivity index (χ4n) is 3.23. The third-order valence-electron chi connectivity index (χ3n) is 4.57. The van der Waals surface area contributed by atoms with Crippen molar-refractivity contribution < 1.29 is 0 Å². The molecule has 0 bridgehead atoms. The largest absolute Gasteiger partial charge is 0.356 e. The fourth-order valence-corrected chi connectivity index (χ4v) is 3.23. The third-order valence-corrected chi connectivity index (χ3v) is 4.57. The van der Waals surface area contributed by atoms with Crippen molar-refractivity contribution >= 4 is 23.4 Å². The lowest BCUT2D eigenvalue weighted by molar-refractivity contribution is 0.573. The number of hydrazone groups is 1. The second-order valence-electron chi connectivity index (χ2n) is 6.37. The Kier molecular flexibility index (Phi) is 4.64. The van der Waals surface area contributed by atoms with Gasteiger partial charge in [-0.05, 0) is 43.5 Å². The number of nitrogens with zero attached hydrogens (tertiary/aromatic N) is 4. The van der Waals surface area contributed by atoms with Crippen LogP contribution in [0.1, 0.15) is 24.8 Å². The van der Waals surface area contributed by atoms with Crippen molar-refractivity contribution in [1.29, 1.82) is 0 Å². The molecule has 0 aliphatic carbocycles. The van der Waals surface area contributed by atoms with E-state index < -0.39 is 0 Å².